The van der Waals surface area contributed by atoms with Crippen LogP contribution in [0.25, 0.3) is 10.9 Å². The third kappa shape index (κ3) is 3.98. The predicted octanol–water partition coefficient (Wildman–Crippen LogP) is 3.03. The quantitative estimate of drug-likeness (QED) is 0.692. The van der Waals surface area contributed by atoms with E-state index in [1.54, 1.807) is 43.6 Å². The minimum atomic E-state index is -1.78. The fourth-order valence-electron chi connectivity index (χ4n) is 2.25. The van der Waals surface area contributed by atoms with E-state index in [2.05, 4.69) is 9.35 Å². The number of methoxy groups -OCH3 is 1. The van der Waals surface area contributed by atoms with Crippen LogP contribution in [0.4, 0.5) is 0 Å². The van der Waals surface area contributed by atoms with Crippen molar-refractivity contribution in [1.29, 1.82) is 0 Å². The highest BCUT2D eigenvalue weighted by Crippen LogP contribution is 2.30. The highest BCUT2D eigenvalue weighted by molar-refractivity contribution is 7.75. The van der Waals surface area contributed by atoms with E-state index < -0.39 is 16.5 Å². The summed E-state index contributed by atoms with van der Waals surface area (Å²) in [4.78, 5) is 15.9. The largest absolute Gasteiger partial charge is 0.497 e. The summed E-state index contributed by atoms with van der Waals surface area (Å²) in [7, 11) is -0.181. The summed E-state index contributed by atoms with van der Waals surface area (Å²) < 4.78 is 26.5. The SMILES string of the molecule is COc1ccc2c(Oc3ccc([S-](=O)=NC(=O)CN)cc3)ccnc2c1. The zero-order valence-corrected chi connectivity index (χ0v) is 14.7. The fraction of sp³-hybridized carbons (Fsp3) is 0.111. The van der Waals surface area contributed by atoms with Crippen molar-refractivity contribution >= 4 is 27.4 Å². The van der Waals surface area contributed by atoms with Gasteiger partial charge < -0.3 is 23.8 Å². The first-order valence-corrected chi connectivity index (χ1v) is 8.78. The molecule has 2 N–H and O–H groups in total. The zero-order valence-electron chi connectivity index (χ0n) is 13.9. The number of hydrogen-bond acceptors (Lipinski definition) is 7. The van der Waals surface area contributed by atoms with Crippen LogP contribution < -0.4 is 15.2 Å². The minimum Gasteiger partial charge on any atom is -0.497 e. The maximum atomic E-state index is 11.9. The number of hydrogen-bond donors (Lipinski definition) is 1. The molecule has 0 saturated carbocycles. The summed E-state index contributed by atoms with van der Waals surface area (Å²) in [5, 5.41) is 0.837. The Hall–Kier alpha value is -2.97. The van der Waals surface area contributed by atoms with Gasteiger partial charge in [0.15, 0.2) is 0 Å². The van der Waals surface area contributed by atoms with E-state index in [1.807, 2.05) is 18.2 Å². The van der Waals surface area contributed by atoms with Crippen molar-refractivity contribution in [2.24, 2.45) is 10.1 Å². The van der Waals surface area contributed by atoms with Gasteiger partial charge in [0.1, 0.15) is 17.2 Å². The van der Waals surface area contributed by atoms with E-state index in [0.29, 0.717) is 22.1 Å². The molecule has 0 saturated heterocycles. The third-order valence-corrected chi connectivity index (χ3v) is 4.57. The van der Waals surface area contributed by atoms with Crippen molar-refractivity contribution in [3.63, 3.8) is 0 Å². The van der Waals surface area contributed by atoms with Crippen LogP contribution >= 0.6 is 0 Å². The molecule has 0 unspecified atom stereocenters. The van der Waals surface area contributed by atoms with Gasteiger partial charge in [-0.15, -0.1) is 0 Å². The fourth-order valence-corrected chi connectivity index (χ4v) is 2.98. The summed E-state index contributed by atoms with van der Waals surface area (Å²) in [5.41, 5.74) is 5.91. The summed E-state index contributed by atoms with van der Waals surface area (Å²) in [6.07, 6.45) is 1.65. The number of benzene rings is 2. The van der Waals surface area contributed by atoms with Gasteiger partial charge in [0.25, 0.3) is 0 Å². The second-order valence-electron chi connectivity index (χ2n) is 5.20. The van der Waals surface area contributed by atoms with Gasteiger partial charge in [-0.3, -0.25) is 9.78 Å². The van der Waals surface area contributed by atoms with Gasteiger partial charge in [0.2, 0.25) is 5.91 Å². The number of nitrogens with two attached hydrogens (primary N) is 1. The number of rotatable bonds is 5. The molecule has 3 rings (SSSR count). The molecular weight excluding hydrogens is 354 g/mol. The third-order valence-electron chi connectivity index (χ3n) is 3.52. The van der Waals surface area contributed by atoms with Crippen LogP contribution in [0.15, 0.2) is 64.0 Å². The molecule has 0 fully saturated rings. The van der Waals surface area contributed by atoms with E-state index in [1.165, 1.54) is 0 Å². The second kappa shape index (κ2) is 7.94. The number of ether oxygens (including phenoxy) is 2. The summed E-state index contributed by atoms with van der Waals surface area (Å²) in [5.74, 6) is 1.29. The lowest BCUT2D eigenvalue weighted by molar-refractivity contribution is -0.116. The maximum absolute atomic E-state index is 11.9. The molecule has 0 bridgehead atoms. The van der Waals surface area contributed by atoms with E-state index in [0.717, 1.165) is 10.9 Å². The van der Waals surface area contributed by atoms with E-state index in [9.17, 15) is 9.00 Å². The van der Waals surface area contributed by atoms with Crippen LogP contribution in [-0.4, -0.2) is 24.5 Å². The molecule has 0 radical (unpaired) electrons. The number of fused-ring (bicyclic) bond motifs is 1. The van der Waals surface area contributed by atoms with Crippen molar-refractivity contribution < 1.29 is 18.5 Å². The average Bonchev–Trinajstić information content (AvgIpc) is 2.68. The lowest BCUT2D eigenvalue weighted by atomic mass is 10.2. The van der Waals surface area contributed by atoms with Crippen LogP contribution in [0.3, 0.4) is 0 Å². The molecule has 1 aromatic heterocycles. The molecule has 0 spiro atoms. The summed E-state index contributed by atoms with van der Waals surface area (Å²) in [6.45, 7) is -0.271. The van der Waals surface area contributed by atoms with Crippen LogP contribution in [0.1, 0.15) is 0 Å². The molecule has 7 nitrogen and oxygen atoms in total. The lowest BCUT2D eigenvalue weighted by Gasteiger charge is -2.11. The van der Waals surface area contributed by atoms with Crippen molar-refractivity contribution in [3.8, 4) is 17.2 Å². The number of aromatic nitrogens is 1. The number of carbonyl (C=O) groups is 1. The molecule has 0 aliphatic rings. The van der Waals surface area contributed by atoms with E-state index in [4.69, 9.17) is 15.2 Å². The highest BCUT2D eigenvalue weighted by atomic mass is 32.2. The van der Waals surface area contributed by atoms with Gasteiger partial charge in [-0.05, 0) is 30.3 Å². The Labute approximate surface area is 152 Å². The van der Waals surface area contributed by atoms with Gasteiger partial charge in [0, 0.05) is 17.6 Å². The monoisotopic (exact) mass is 370 g/mol. The molecular formula is C18H16N3O4S-. The molecule has 1 amide bonds. The molecule has 2 aromatic carbocycles. The Morgan fingerprint density at radius 2 is 1.88 bits per heavy atom. The average molecular weight is 370 g/mol. The van der Waals surface area contributed by atoms with Gasteiger partial charge in [0.05, 0.1) is 19.2 Å². The Bertz CT molecular complexity index is 1030. The molecule has 134 valence electrons. The second-order valence-corrected chi connectivity index (χ2v) is 6.36. The lowest BCUT2D eigenvalue weighted by Crippen LogP contribution is -2.10. The standard InChI is InChI=1S/C18H16N3O4S/c1-24-13-4-7-15-16(10-13)20-9-8-17(15)25-12-2-5-14(6-3-12)26(23)21-18(22)11-19/h2-10H,11,19H2,1H3/q-1. The topological polar surface area (TPSA) is 104 Å². The molecule has 0 atom stereocenters. The van der Waals surface area contributed by atoms with Crippen molar-refractivity contribution in [2.75, 3.05) is 13.7 Å². The van der Waals surface area contributed by atoms with Gasteiger partial charge >= 0.3 is 0 Å². The molecule has 8 heteroatoms. The number of nitrogens with zero attached hydrogens (tertiary/aromatic N) is 2. The molecule has 26 heavy (non-hydrogen) atoms. The first kappa shape index (κ1) is 17.8. The highest BCUT2D eigenvalue weighted by Gasteiger charge is 2.05. The maximum Gasteiger partial charge on any atom is 0.236 e. The van der Waals surface area contributed by atoms with E-state index in [-0.39, 0.29) is 6.54 Å². The van der Waals surface area contributed by atoms with Crippen LogP contribution in [0.5, 0.6) is 17.2 Å². The predicted molar refractivity (Wildman–Crippen MR) is 97.6 cm³/mol. The van der Waals surface area contributed by atoms with Crippen molar-refractivity contribution in [3.05, 3.63) is 54.7 Å². The Balaban J connectivity index is 1.86. The van der Waals surface area contributed by atoms with Gasteiger partial charge in [-0.1, -0.05) is 17.0 Å². The molecule has 0 aliphatic carbocycles. The summed E-state index contributed by atoms with van der Waals surface area (Å²) >= 11 is 0. The van der Waals surface area contributed by atoms with Crippen molar-refractivity contribution in [1.82, 2.24) is 4.98 Å². The van der Waals surface area contributed by atoms with Gasteiger partial charge in [-0.2, -0.15) is 10.6 Å². The Kier molecular flexibility index (Phi) is 5.45. The van der Waals surface area contributed by atoms with Gasteiger partial charge in [-0.25, -0.2) is 0 Å². The Morgan fingerprint density at radius 3 is 2.58 bits per heavy atom. The van der Waals surface area contributed by atoms with Crippen LogP contribution in [0.2, 0.25) is 0 Å². The van der Waals surface area contributed by atoms with E-state index >= 15 is 0 Å². The summed E-state index contributed by atoms with van der Waals surface area (Å²) in [6, 6.07) is 13.8. The van der Waals surface area contributed by atoms with Crippen LogP contribution in [-0.2, 0) is 19.6 Å². The molecule has 1 heterocycles. The van der Waals surface area contributed by atoms with Crippen molar-refractivity contribution in [2.45, 2.75) is 4.90 Å². The first-order valence-electron chi connectivity index (χ1n) is 7.68. The Morgan fingerprint density at radius 1 is 1.15 bits per heavy atom. The smallest absolute Gasteiger partial charge is 0.236 e. The number of pyridine rings is 1. The first-order chi connectivity index (χ1) is 12.6. The minimum absolute atomic E-state index is 0.271. The number of amides is 1. The molecule has 0 aliphatic heterocycles. The normalized spacial score (nSPS) is 12.1. The van der Waals surface area contributed by atoms with Crippen LogP contribution in [0, 0.1) is 0 Å². The zero-order chi connectivity index (χ0) is 18.5. The molecule has 3 aromatic rings. The number of carbonyl (C=O) groups excluding carboxylic acids is 1.